The molecule has 1 aromatic carbocycles. The topological polar surface area (TPSA) is 49.3 Å². The molecule has 0 aliphatic heterocycles. The van der Waals surface area contributed by atoms with Gasteiger partial charge in [-0.1, -0.05) is 6.07 Å². The number of hydrogen-bond donors (Lipinski definition) is 2. The predicted molar refractivity (Wildman–Crippen MR) is 61.3 cm³/mol. The van der Waals surface area contributed by atoms with Crippen LogP contribution < -0.4 is 5.32 Å². The number of carbonyl (C=O) groups is 1. The molecule has 1 rings (SSSR count). The van der Waals surface area contributed by atoms with Gasteiger partial charge in [0.2, 0.25) is 0 Å². The Labute approximate surface area is 90.1 Å². The van der Waals surface area contributed by atoms with Crippen LogP contribution in [0.5, 0.6) is 0 Å². The largest absolute Gasteiger partial charge is 0.480 e. The van der Waals surface area contributed by atoms with Crippen molar-refractivity contribution in [3.05, 3.63) is 29.3 Å². The summed E-state index contributed by atoms with van der Waals surface area (Å²) in [7, 11) is 0. The van der Waals surface area contributed by atoms with Crippen molar-refractivity contribution in [1.29, 1.82) is 0 Å². The average molecular weight is 207 g/mol. The summed E-state index contributed by atoms with van der Waals surface area (Å²) in [6, 6.07) is 5.94. The summed E-state index contributed by atoms with van der Waals surface area (Å²) in [6.45, 7) is 7.28. The lowest BCUT2D eigenvalue weighted by molar-refractivity contribution is -0.141. The monoisotopic (exact) mass is 207 g/mol. The molecule has 0 saturated carbocycles. The van der Waals surface area contributed by atoms with Gasteiger partial charge in [-0.2, -0.15) is 0 Å². The van der Waals surface area contributed by atoms with Crippen molar-refractivity contribution in [2.75, 3.05) is 5.32 Å². The van der Waals surface area contributed by atoms with Crippen LogP contribution in [0.4, 0.5) is 5.69 Å². The van der Waals surface area contributed by atoms with Gasteiger partial charge in [0.1, 0.15) is 5.54 Å². The fourth-order valence-electron chi connectivity index (χ4n) is 1.46. The molecule has 0 atom stereocenters. The van der Waals surface area contributed by atoms with Gasteiger partial charge in [0, 0.05) is 5.69 Å². The van der Waals surface area contributed by atoms with Gasteiger partial charge in [0.25, 0.3) is 0 Å². The SMILES string of the molecule is Cc1cc(C)cc(NC(C)(C)C(=O)O)c1. The molecule has 1 aromatic rings. The van der Waals surface area contributed by atoms with E-state index in [9.17, 15) is 4.79 Å². The molecule has 3 nitrogen and oxygen atoms in total. The third-order valence-electron chi connectivity index (χ3n) is 2.21. The Bertz CT molecular complexity index is 363. The van der Waals surface area contributed by atoms with Gasteiger partial charge in [-0.25, -0.2) is 4.79 Å². The molecule has 0 unspecified atom stereocenters. The number of carboxylic acids is 1. The maximum absolute atomic E-state index is 10.9. The van der Waals surface area contributed by atoms with E-state index in [0.29, 0.717) is 0 Å². The van der Waals surface area contributed by atoms with Crippen molar-refractivity contribution in [3.63, 3.8) is 0 Å². The minimum absolute atomic E-state index is 0.847. The number of rotatable bonds is 3. The Morgan fingerprint density at radius 3 is 2.07 bits per heavy atom. The molecule has 0 spiro atoms. The number of carboxylic acid groups (broad SMARTS) is 1. The Morgan fingerprint density at radius 1 is 1.20 bits per heavy atom. The van der Waals surface area contributed by atoms with Crippen molar-refractivity contribution in [2.45, 2.75) is 33.2 Å². The molecule has 15 heavy (non-hydrogen) atoms. The molecular weight excluding hydrogens is 190 g/mol. The number of hydrogen-bond acceptors (Lipinski definition) is 2. The smallest absolute Gasteiger partial charge is 0.328 e. The maximum atomic E-state index is 10.9. The van der Waals surface area contributed by atoms with Gasteiger partial charge in [-0.05, 0) is 51.0 Å². The highest BCUT2D eigenvalue weighted by Gasteiger charge is 2.26. The van der Waals surface area contributed by atoms with Crippen LogP contribution in [-0.2, 0) is 4.79 Å². The lowest BCUT2D eigenvalue weighted by Crippen LogP contribution is -2.39. The van der Waals surface area contributed by atoms with Gasteiger partial charge >= 0.3 is 5.97 Å². The number of aryl methyl sites for hydroxylation is 2. The van der Waals surface area contributed by atoms with Crippen molar-refractivity contribution < 1.29 is 9.90 Å². The van der Waals surface area contributed by atoms with Crippen LogP contribution >= 0.6 is 0 Å². The Hall–Kier alpha value is -1.51. The average Bonchev–Trinajstić information content (AvgIpc) is 1.99. The van der Waals surface area contributed by atoms with Gasteiger partial charge in [-0.3, -0.25) is 0 Å². The molecule has 0 amide bonds. The summed E-state index contributed by atoms with van der Waals surface area (Å²) >= 11 is 0. The fourth-order valence-corrected chi connectivity index (χ4v) is 1.46. The van der Waals surface area contributed by atoms with E-state index in [1.807, 2.05) is 26.0 Å². The second-order valence-corrected chi connectivity index (χ2v) is 4.43. The number of benzene rings is 1. The van der Waals surface area contributed by atoms with Gasteiger partial charge in [0.05, 0.1) is 0 Å². The van der Waals surface area contributed by atoms with Crippen LogP contribution in [0, 0.1) is 13.8 Å². The lowest BCUT2D eigenvalue weighted by atomic mass is 10.0. The molecule has 0 heterocycles. The van der Waals surface area contributed by atoms with Gasteiger partial charge < -0.3 is 10.4 Å². The Kier molecular flexibility index (Phi) is 3.03. The van der Waals surface area contributed by atoms with E-state index >= 15 is 0 Å². The lowest BCUT2D eigenvalue weighted by Gasteiger charge is -2.23. The highest BCUT2D eigenvalue weighted by Crippen LogP contribution is 2.18. The molecule has 82 valence electrons. The Balaban J connectivity index is 2.94. The van der Waals surface area contributed by atoms with Crippen molar-refractivity contribution in [1.82, 2.24) is 0 Å². The van der Waals surface area contributed by atoms with Crippen LogP contribution in [0.15, 0.2) is 18.2 Å². The number of nitrogens with one attached hydrogen (secondary N) is 1. The normalized spacial score (nSPS) is 11.2. The van der Waals surface area contributed by atoms with E-state index < -0.39 is 11.5 Å². The van der Waals surface area contributed by atoms with Crippen molar-refractivity contribution in [2.24, 2.45) is 0 Å². The Morgan fingerprint density at radius 2 is 1.67 bits per heavy atom. The second-order valence-electron chi connectivity index (χ2n) is 4.43. The minimum atomic E-state index is -0.944. The van der Waals surface area contributed by atoms with E-state index in [-0.39, 0.29) is 0 Å². The summed E-state index contributed by atoms with van der Waals surface area (Å²) in [5.41, 5.74) is 2.15. The molecule has 3 heteroatoms. The molecule has 0 aliphatic rings. The standard InChI is InChI=1S/C12H17NO2/c1-8-5-9(2)7-10(6-8)13-12(3,4)11(14)15/h5-7,13H,1-4H3,(H,14,15). The summed E-state index contributed by atoms with van der Waals surface area (Å²) in [5, 5.41) is 12.0. The van der Waals surface area contributed by atoms with Crippen molar-refractivity contribution >= 4 is 11.7 Å². The summed E-state index contributed by atoms with van der Waals surface area (Å²) in [4.78, 5) is 10.9. The highest BCUT2D eigenvalue weighted by atomic mass is 16.4. The first-order valence-electron chi connectivity index (χ1n) is 4.91. The zero-order valence-corrected chi connectivity index (χ0v) is 9.59. The quantitative estimate of drug-likeness (QED) is 0.800. The molecule has 2 N–H and O–H groups in total. The van der Waals surface area contributed by atoms with E-state index in [2.05, 4.69) is 11.4 Å². The third kappa shape index (κ3) is 2.98. The minimum Gasteiger partial charge on any atom is -0.480 e. The van der Waals surface area contributed by atoms with Crippen LogP contribution in [0.1, 0.15) is 25.0 Å². The molecule has 0 bridgehead atoms. The summed E-state index contributed by atoms with van der Waals surface area (Å²) in [5.74, 6) is -0.860. The molecule has 0 radical (unpaired) electrons. The van der Waals surface area contributed by atoms with Crippen LogP contribution in [0.25, 0.3) is 0 Å². The first kappa shape index (κ1) is 11.6. The zero-order valence-electron chi connectivity index (χ0n) is 9.59. The van der Waals surface area contributed by atoms with E-state index in [1.165, 1.54) is 0 Å². The fraction of sp³-hybridized carbons (Fsp3) is 0.417. The van der Waals surface area contributed by atoms with Gasteiger partial charge in [0.15, 0.2) is 0 Å². The van der Waals surface area contributed by atoms with Crippen LogP contribution in [0.2, 0.25) is 0 Å². The first-order chi connectivity index (χ1) is 6.81. The number of anilines is 1. The highest BCUT2D eigenvalue weighted by molar-refractivity contribution is 5.81. The molecule has 0 saturated heterocycles. The van der Waals surface area contributed by atoms with E-state index in [4.69, 9.17) is 5.11 Å². The molecule has 0 aromatic heterocycles. The zero-order chi connectivity index (χ0) is 11.6. The van der Waals surface area contributed by atoms with Gasteiger partial charge in [-0.15, -0.1) is 0 Å². The maximum Gasteiger partial charge on any atom is 0.328 e. The summed E-state index contributed by atoms with van der Waals surface area (Å²) in [6.07, 6.45) is 0. The molecular formula is C12H17NO2. The third-order valence-corrected chi connectivity index (χ3v) is 2.21. The van der Waals surface area contributed by atoms with Crippen molar-refractivity contribution in [3.8, 4) is 0 Å². The van der Waals surface area contributed by atoms with Crippen LogP contribution in [-0.4, -0.2) is 16.6 Å². The predicted octanol–water partition coefficient (Wildman–Crippen LogP) is 2.58. The van der Waals surface area contributed by atoms with E-state index in [1.54, 1.807) is 13.8 Å². The molecule has 0 aliphatic carbocycles. The number of aliphatic carboxylic acids is 1. The van der Waals surface area contributed by atoms with E-state index in [0.717, 1.165) is 16.8 Å². The van der Waals surface area contributed by atoms with Crippen LogP contribution in [0.3, 0.4) is 0 Å². The first-order valence-corrected chi connectivity index (χ1v) is 4.91. The summed E-state index contributed by atoms with van der Waals surface area (Å²) < 4.78 is 0. The second kappa shape index (κ2) is 3.93. The molecule has 0 fully saturated rings.